The van der Waals surface area contributed by atoms with Crippen molar-refractivity contribution in [3.05, 3.63) is 70.9 Å². The van der Waals surface area contributed by atoms with Crippen molar-refractivity contribution in [1.82, 2.24) is 35.5 Å². The standard InChI is InChI=1S/C29H30ClN9O5/c1-43-28(41)26-25-20-10-9-19(33-29(42)44-2)15-22(20)31-13-5-3-4-6-21(27(35-25)36-26)34-24(40)12-7-17-14-18(30)8-11-23(17)39-16-32-37-38-39/h7-12,14-16,21,31H,3-6,13H2,1-2H3,(H,33,42)(H,34,40)(H,35,36)/b12-7+/t21-/m0/s1. The molecule has 0 spiro atoms. The average Bonchev–Trinajstić information content (AvgIpc) is 3.71. The second kappa shape index (κ2) is 13.8. The van der Waals surface area contributed by atoms with E-state index < -0.39 is 18.1 Å². The minimum Gasteiger partial charge on any atom is -0.464 e. The molecule has 0 saturated carbocycles. The first-order chi connectivity index (χ1) is 21.4. The monoisotopic (exact) mass is 619 g/mol. The molecule has 4 N–H and O–H groups in total. The number of halogens is 1. The van der Waals surface area contributed by atoms with Crippen LogP contribution in [0.15, 0.2) is 48.8 Å². The molecule has 0 aliphatic carbocycles. The number of carbonyl (C=O) groups excluding carboxylic acids is 3. The highest BCUT2D eigenvalue weighted by atomic mass is 35.5. The third kappa shape index (κ3) is 7.03. The predicted octanol–water partition coefficient (Wildman–Crippen LogP) is 4.53. The largest absolute Gasteiger partial charge is 0.464 e. The molecule has 3 heterocycles. The Balaban J connectivity index is 1.47. The highest BCUT2D eigenvalue weighted by Crippen LogP contribution is 2.34. The molecular weight excluding hydrogens is 590 g/mol. The fraction of sp³-hybridized carbons (Fsp3) is 0.276. The van der Waals surface area contributed by atoms with Gasteiger partial charge in [-0.1, -0.05) is 24.4 Å². The summed E-state index contributed by atoms with van der Waals surface area (Å²) in [4.78, 5) is 45.7. The number of aromatic nitrogens is 6. The Morgan fingerprint density at radius 1 is 1.09 bits per heavy atom. The maximum atomic E-state index is 13.2. The number of tetrazole rings is 1. The first kappa shape index (κ1) is 30.2. The Hall–Kier alpha value is -5.24. The number of ether oxygens (including phenoxy) is 2. The number of imidazole rings is 1. The molecule has 0 unspecified atom stereocenters. The molecule has 0 radical (unpaired) electrons. The van der Waals surface area contributed by atoms with E-state index in [2.05, 4.69) is 36.5 Å². The van der Waals surface area contributed by atoms with Gasteiger partial charge in [0.2, 0.25) is 5.91 Å². The SMILES string of the molecule is COC(=O)Nc1ccc2c(c1)NCCCCC[C@H](NC(=O)/C=C/c1cc(Cl)ccc1-n1cnnn1)c1nc-2c(C(=O)OC)[nH]1. The molecule has 4 aromatic rings. The van der Waals surface area contributed by atoms with Gasteiger partial charge in [-0.25, -0.2) is 14.6 Å². The van der Waals surface area contributed by atoms with Crippen LogP contribution in [0.2, 0.25) is 5.02 Å². The first-order valence-electron chi connectivity index (χ1n) is 13.8. The van der Waals surface area contributed by atoms with Gasteiger partial charge in [0.15, 0.2) is 5.69 Å². The van der Waals surface area contributed by atoms with Crippen LogP contribution in [0.3, 0.4) is 0 Å². The third-order valence-electron chi connectivity index (χ3n) is 6.95. The molecule has 0 saturated heterocycles. The van der Waals surface area contributed by atoms with E-state index in [-0.39, 0.29) is 11.6 Å². The minimum atomic E-state index is -0.614. The summed E-state index contributed by atoms with van der Waals surface area (Å²) in [5.41, 5.74) is 3.54. The van der Waals surface area contributed by atoms with E-state index in [1.165, 1.54) is 31.3 Å². The van der Waals surface area contributed by atoms with Crippen molar-refractivity contribution in [2.75, 3.05) is 31.4 Å². The Morgan fingerprint density at radius 3 is 2.73 bits per heavy atom. The van der Waals surface area contributed by atoms with Crippen molar-refractivity contribution >= 4 is 47.0 Å². The van der Waals surface area contributed by atoms with E-state index in [0.29, 0.717) is 57.7 Å². The normalized spacial score (nSPS) is 14.8. The summed E-state index contributed by atoms with van der Waals surface area (Å²) in [6, 6.07) is 9.81. The van der Waals surface area contributed by atoms with Gasteiger partial charge in [0.25, 0.3) is 0 Å². The van der Waals surface area contributed by atoms with Crippen molar-refractivity contribution in [2.24, 2.45) is 0 Å². The molecule has 1 aliphatic heterocycles. The highest BCUT2D eigenvalue weighted by Gasteiger charge is 2.26. The summed E-state index contributed by atoms with van der Waals surface area (Å²) >= 11 is 6.21. The number of fused-ring (bicyclic) bond motifs is 4. The van der Waals surface area contributed by atoms with Gasteiger partial charge >= 0.3 is 12.1 Å². The van der Waals surface area contributed by atoms with Crippen LogP contribution in [0.4, 0.5) is 16.2 Å². The van der Waals surface area contributed by atoms with Crippen LogP contribution in [-0.2, 0) is 14.3 Å². The van der Waals surface area contributed by atoms with Gasteiger partial charge in [-0.05, 0) is 65.7 Å². The molecule has 2 bridgehead atoms. The number of nitrogens with one attached hydrogen (secondary N) is 4. The molecule has 44 heavy (non-hydrogen) atoms. The number of hydrogen-bond donors (Lipinski definition) is 4. The number of amides is 2. The van der Waals surface area contributed by atoms with E-state index in [1.807, 2.05) is 0 Å². The molecule has 2 amide bonds. The van der Waals surface area contributed by atoms with Gasteiger partial charge in [0.05, 0.1) is 25.9 Å². The van der Waals surface area contributed by atoms with Crippen LogP contribution in [0.5, 0.6) is 0 Å². The van der Waals surface area contributed by atoms with Gasteiger partial charge in [0.1, 0.15) is 17.8 Å². The number of benzene rings is 2. The zero-order chi connectivity index (χ0) is 31.1. The van der Waals surface area contributed by atoms with E-state index in [0.717, 1.165) is 19.3 Å². The van der Waals surface area contributed by atoms with Gasteiger partial charge < -0.3 is 25.1 Å². The molecule has 14 nitrogen and oxygen atoms in total. The lowest BCUT2D eigenvalue weighted by Gasteiger charge is -2.17. The van der Waals surface area contributed by atoms with Crippen molar-refractivity contribution in [3.8, 4) is 16.9 Å². The Kier molecular flexibility index (Phi) is 9.49. The maximum Gasteiger partial charge on any atom is 0.411 e. The van der Waals surface area contributed by atoms with E-state index in [4.69, 9.17) is 26.1 Å². The van der Waals surface area contributed by atoms with Crippen molar-refractivity contribution in [2.45, 2.75) is 31.7 Å². The van der Waals surface area contributed by atoms with Crippen LogP contribution in [0, 0.1) is 0 Å². The average molecular weight is 620 g/mol. The lowest BCUT2D eigenvalue weighted by Crippen LogP contribution is -2.28. The Morgan fingerprint density at radius 2 is 1.95 bits per heavy atom. The number of nitrogens with zero attached hydrogens (tertiary/aromatic N) is 5. The number of methoxy groups -OCH3 is 2. The molecule has 0 fully saturated rings. The number of aromatic amines is 1. The van der Waals surface area contributed by atoms with Crippen molar-refractivity contribution in [1.29, 1.82) is 0 Å². The van der Waals surface area contributed by atoms with Crippen LogP contribution >= 0.6 is 11.6 Å². The van der Waals surface area contributed by atoms with Crippen LogP contribution in [-0.4, -0.2) is 68.9 Å². The van der Waals surface area contributed by atoms with E-state index >= 15 is 0 Å². The summed E-state index contributed by atoms with van der Waals surface area (Å²) < 4.78 is 11.2. The molecule has 2 aromatic carbocycles. The third-order valence-corrected chi connectivity index (χ3v) is 7.18. The number of carbonyl (C=O) groups is 3. The fourth-order valence-corrected chi connectivity index (χ4v) is 5.00. The van der Waals surface area contributed by atoms with Crippen molar-refractivity contribution in [3.63, 3.8) is 0 Å². The summed E-state index contributed by atoms with van der Waals surface area (Å²) in [6.07, 6.45) is 6.96. The second-order valence-corrected chi connectivity index (χ2v) is 10.3. The molecule has 228 valence electrons. The summed E-state index contributed by atoms with van der Waals surface area (Å²) in [5, 5.41) is 20.8. The van der Waals surface area contributed by atoms with Crippen LogP contribution in [0.25, 0.3) is 23.0 Å². The van der Waals surface area contributed by atoms with Gasteiger partial charge in [-0.15, -0.1) is 5.10 Å². The number of rotatable bonds is 6. The smallest absolute Gasteiger partial charge is 0.411 e. The topological polar surface area (TPSA) is 178 Å². The summed E-state index contributed by atoms with van der Waals surface area (Å²) in [5.74, 6) is -0.581. The maximum absolute atomic E-state index is 13.2. The first-order valence-corrected chi connectivity index (χ1v) is 14.2. The Bertz CT molecular complexity index is 1690. The molecule has 5 rings (SSSR count). The summed E-state index contributed by atoms with van der Waals surface area (Å²) in [7, 11) is 2.57. The molecule has 1 aliphatic rings. The Labute approximate surface area is 257 Å². The van der Waals surface area contributed by atoms with Gasteiger partial charge in [-0.2, -0.15) is 4.68 Å². The lowest BCUT2D eigenvalue weighted by atomic mass is 10.0. The zero-order valence-corrected chi connectivity index (χ0v) is 24.7. The molecular formula is C29H30ClN9O5. The number of anilines is 2. The minimum absolute atomic E-state index is 0.137. The molecule has 2 aromatic heterocycles. The summed E-state index contributed by atoms with van der Waals surface area (Å²) in [6.45, 7) is 0.641. The quantitative estimate of drug-likeness (QED) is 0.177. The zero-order valence-electron chi connectivity index (χ0n) is 24.0. The number of esters is 1. The lowest BCUT2D eigenvalue weighted by molar-refractivity contribution is -0.117. The van der Waals surface area contributed by atoms with Gasteiger partial charge in [0, 0.05) is 40.1 Å². The number of H-pyrrole nitrogens is 1. The molecule has 15 heteroatoms. The predicted molar refractivity (Wildman–Crippen MR) is 162 cm³/mol. The van der Waals surface area contributed by atoms with Gasteiger partial charge in [-0.3, -0.25) is 10.1 Å². The number of hydrogen-bond acceptors (Lipinski definition) is 10. The second-order valence-electron chi connectivity index (χ2n) is 9.84. The van der Waals surface area contributed by atoms with Crippen LogP contribution in [0.1, 0.15) is 53.6 Å². The fourth-order valence-electron chi connectivity index (χ4n) is 4.82. The molecule has 1 atom stereocenters. The van der Waals surface area contributed by atoms with Crippen molar-refractivity contribution < 1.29 is 23.9 Å². The highest BCUT2D eigenvalue weighted by molar-refractivity contribution is 6.30. The van der Waals surface area contributed by atoms with Crippen LogP contribution < -0.4 is 16.0 Å². The van der Waals surface area contributed by atoms with E-state index in [1.54, 1.807) is 42.5 Å². The van der Waals surface area contributed by atoms with E-state index in [9.17, 15) is 14.4 Å².